The van der Waals surface area contributed by atoms with Crippen molar-refractivity contribution in [2.24, 2.45) is 5.92 Å². The van der Waals surface area contributed by atoms with Crippen molar-refractivity contribution >= 4 is 11.4 Å². The molecule has 3 rings (SSSR count). The van der Waals surface area contributed by atoms with Gasteiger partial charge in [-0.25, -0.2) is 0 Å². The van der Waals surface area contributed by atoms with E-state index in [0.29, 0.717) is 6.04 Å². The number of nitrogens with zero attached hydrogens (tertiary/aromatic N) is 2. The van der Waals surface area contributed by atoms with Gasteiger partial charge in [0.1, 0.15) is 0 Å². The van der Waals surface area contributed by atoms with Crippen molar-refractivity contribution in [2.45, 2.75) is 25.8 Å². The van der Waals surface area contributed by atoms with Gasteiger partial charge in [0.15, 0.2) is 0 Å². The molecule has 1 heterocycles. The van der Waals surface area contributed by atoms with Gasteiger partial charge in [0.25, 0.3) is 0 Å². The van der Waals surface area contributed by atoms with Gasteiger partial charge in [-0.3, -0.25) is 0 Å². The van der Waals surface area contributed by atoms with Crippen molar-refractivity contribution in [3.8, 4) is 0 Å². The molecule has 1 aromatic rings. The molecule has 1 aliphatic heterocycles. The Balaban J connectivity index is 1.78. The predicted molar refractivity (Wildman–Crippen MR) is 82.2 cm³/mol. The van der Waals surface area contributed by atoms with E-state index >= 15 is 0 Å². The lowest BCUT2D eigenvalue weighted by atomic mass is 10.1. The van der Waals surface area contributed by atoms with Crippen LogP contribution in [0.25, 0.3) is 0 Å². The van der Waals surface area contributed by atoms with Gasteiger partial charge in [0, 0.05) is 51.1 Å². The van der Waals surface area contributed by atoms with E-state index in [4.69, 9.17) is 0 Å². The fourth-order valence-electron chi connectivity index (χ4n) is 3.10. The Hall–Kier alpha value is -1.22. The van der Waals surface area contributed by atoms with Gasteiger partial charge in [-0.05, 0) is 43.4 Å². The van der Waals surface area contributed by atoms with Crippen molar-refractivity contribution in [3.63, 3.8) is 0 Å². The summed E-state index contributed by atoms with van der Waals surface area (Å²) >= 11 is 0. The van der Waals surface area contributed by atoms with Gasteiger partial charge < -0.3 is 15.1 Å². The molecule has 0 amide bonds. The first-order chi connectivity index (χ1) is 9.15. The minimum absolute atomic E-state index is 0.706. The van der Waals surface area contributed by atoms with Gasteiger partial charge in [-0.1, -0.05) is 6.07 Å². The minimum Gasteiger partial charge on any atom is -0.377 e. The molecule has 0 bridgehead atoms. The Bertz CT molecular complexity index is 451. The second-order valence-corrected chi connectivity index (χ2v) is 6.21. The molecule has 1 unspecified atom stereocenters. The van der Waals surface area contributed by atoms with E-state index in [1.165, 1.54) is 36.3 Å². The number of anilines is 2. The van der Waals surface area contributed by atoms with Crippen LogP contribution in [0.4, 0.5) is 11.4 Å². The van der Waals surface area contributed by atoms with Crippen LogP contribution in [-0.4, -0.2) is 39.8 Å². The fourth-order valence-corrected chi connectivity index (χ4v) is 3.10. The average Bonchev–Trinajstić information content (AvgIpc) is 3.23. The standard InChI is InChI=1S/C16H25N3/c1-12-4-7-14(10-16(12)18(2)3)19-9-8-17-15(11-19)13-5-6-13/h4,7,10,13,15,17H,5-6,8-9,11H2,1-3H3. The van der Waals surface area contributed by atoms with Crippen LogP contribution in [-0.2, 0) is 0 Å². The number of aryl methyl sites for hydroxylation is 1. The maximum absolute atomic E-state index is 3.68. The highest BCUT2D eigenvalue weighted by molar-refractivity contribution is 5.63. The Kier molecular flexibility index (Phi) is 3.40. The molecule has 2 fully saturated rings. The van der Waals surface area contributed by atoms with Gasteiger partial charge in [0.05, 0.1) is 0 Å². The molecule has 1 aliphatic carbocycles. The van der Waals surface area contributed by atoms with Gasteiger partial charge in [-0.2, -0.15) is 0 Å². The first kappa shape index (κ1) is 12.8. The molecule has 2 aliphatic rings. The van der Waals surface area contributed by atoms with E-state index < -0.39 is 0 Å². The number of rotatable bonds is 3. The Morgan fingerprint density at radius 2 is 2.05 bits per heavy atom. The molecule has 1 saturated carbocycles. The van der Waals surface area contributed by atoms with Crippen molar-refractivity contribution in [2.75, 3.05) is 43.5 Å². The van der Waals surface area contributed by atoms with E-state index in [0.717, 1.165) is 19.0 Å². The molecule has 1 N–H and O–H groups in total. The highest BCUT2D eigenvalue weighted by atomic mass is 15.2. The van der Waals surface area contributed by atoms with Crippen molar-refractivity contribution in [1.82, 2.24) is 5.32 Å². The third-order valence-corrected chi connectivity index (χ3v) is 4.44. The topological polar surface area (TPSA) is 18.5 Å². The molecule has 104 valence electrons. The summed E-state index contributed by atoms with van der Waals surface area (Å²) in [6, 6.07) is 7.57. The quantitative estimate of drug-likeness (QED) is 0.898. The lowest BCUT2D eigenvalue weighted by Crippen LogP contribution is -2.51. The summed E-state index contributed by atoms with van der Waals surface area (Å²) in [5, 5.41) is 3.68. The van der Waals surface area contributed by atoms with Crippen LogP contribution in [0.2, 0.25) is 0 Å². The lowest BCUT2D eigenvalue weighted by Gasteiger charge is -2.36. The number of hydrogen-bond donors (Lipinski definition) is 1. The van der Waals surface area contributed by atoms with Crippen molar-refractivity contribution in [3.05, 3.63) is 23.8 Å². The summed E-state index contributed by atoms with van der Waals surface area (Å²) in [4.78, 5) is 4.76. The van der Waals surface area contributed by atoms with Crippen LogP contribution in [0.5, 0.6) is 0 Å². The fraction of sp³-hybridized carbons (Fsp3) is 0.625. The molecular formula is C16H25N3. The predicted octanol–water partition coefficient (Wildman–Crippen LogP) is 2.25. The van der Waals surface area contributed by atoms with Crippen LogP contribution in [0, 0.1) is 12.8 Å². The van der Waals surface area contributed by atoms with Gasteiger partial charge in [-0.15, -0.1) is 0 Å². The molecule has 0 radical (unpaired) electrons. The largest absolute Gasteiger partial charge is 0.377 e. The zero-order valence-corrected chi connectivity index (χ0v) is 12.3. The summed E-state index contributed by atoms with van der Waals surface area (Å²) in [6.07, 6.45) is 2.84. The summed E-state index contributed by atoms with van der Waals surface area (Å²) in [7, 11) is 4.24. The van der Waals surface area contributed by atoms with Gasteiger partial charge in [0.2, 0.25) is 0 Å². The Labute approximate surface area is 116 Å². The maximum Gasteiger partial charge on any atom is 0.0411 e. The summed E-state index contributed by atoms with van der Waals surface area (Å²) < 4.78 is 0. The van der Waals surface area contributed by atoms with Crippen molar-refractivity contribution in [1.29, 1.82) is 0 Å². The molecule has 0 aromatic heterocycles. The van der Waals surface area contributed by atoms with E-state index in [1.54, 1.807) is 0 Å². The smallest absolute Gasteiger partial charge is 0.0411 e. The first-order valence-corrected chi connectivity index (χ1v) is 7.41. The number of benzene rings is 1. The number of piperazine rings is 1. The monoisotopic (exact) mass is 259 g/mol. The normalized spacial score (nSPS) is 23.5. The molecular weight excluding hydrogens is 234 g/mol. The number of nitrogens with one attached hydrogen (secondary N) is 1. The van der Waals surface area contributed by atoms with E-state index in [9.17, 15) is 0 Å². The average molecular weight is 259 g/mol. The molecule has 1 aromatic carbocycles. The molecule has 0 spiro atoms. The van der Waals surface area contributed by atoms with E-state index in [-0.39, 0.29) is 0 Å². The second kappa shape index (κ2) is 5.04. The van der Waals surface area contributed by atoms with Crippen LogP contribution in [0.3, 0.4) is 0 Å². The summed E-state index contributed by atoms with van der Waals surface area (Å²) in [5.74, 6) is 0.932. The van der Waals surface area contributed by atoms with E-state index in [2.05, 4.69) is 54.3 Å². The number of hydrogen-bond acceptors (Lipinski definition) is 3. The van der Waals surface area contributed by atoms with Crippen LogP contribution >= 0.6 is 0 Å². The molecule has 1 saturated heterocycles. The van der Waals surface area contributed by atoms with Crippen LogP contribution in [0.1, 0.15) is 18.4 Å². The minimum atomic E-state index is 0.706. The Morgan fingerprint density at radius 1 is 1.26 bits per heavy atom. The molecule has 3 nitrogen and oxygen atoms in total. The molecule has 19 heavy (non-hydrogen) atoms. The maximum atomic E-state index is 3.68. The second-order valence-electron chi connectivity index (χ2n) is 6.21. The summed E-state index contributed by atoms with van der Waals surface area (Å²) in [5.41, 5.74) is 4.06. The molecule has 3 heteroatoms. The molecule has 1 atom stereocenters. The van der Waals surface area contributed by atoms with Crippen LogP contribution in [0.15, 0.2) is 18.2 Å². The van der Waals surface area contributed by atoms with Crippen LogP contribution < -0.4 is 15.1 Å². The van der Waals surface area contributed by atoms with Crippen molar-refractivity contribution < 1.29 is 0 Å². The highest BCUT2D eigenvalue weighted by Gasteiger charge is 2.34. The van der Waals surface area contributed by atoms with E-state index in [1.807, 2.05) is 0 Å². The zero-order valence-electron chi connectivity index (χ0n) is 12.3. The Morgan fingerprint density at radius 3 is 2.74 bits per heavy atom. The zero-order chi connectivity index (χ0) is 13.4. The highest BCUT2D eigenvalue weighted by Crippen LogP contribution is 2.35. The first-order valence-electron chi connectivity index (χ1n) is 7.41. The SMILES string of the molecule is Cc1ccc(N2CCNC(C3CC3)C2)cc1N(C)C. The third kappa shape index (κ3) is 2.71. The lowest BCUT2D eigenvalue weighted by molar-refractivity contribution is 0.419. The third-order valence-electron chi connectivity index (χ3n) is 4.44. The van der Waals surface area contributed by atoms with Gasteiger partial charge >= 0.3 is 0 Å². The summed E-state index contributed by atoms with van der Waals surface area (Å²) in [6.45, 7) is 5.59.